The number of carboxylic acid groups (broad SMARTS) is 1. The molecule has 10 heteroatoms. The number of nitrogens with zero attached hydrogens (tertiary/aromatic N) is 1. The van der Waals surface area contributed by atoms with Crippen molar-refractivity contribution in [3.63, 3.8) is 0 Å². The molecular formula is C22H40N4O5S. The SMILES string of the molecule is NCCCC[C@@H](C(=O)O)N([C@@H](CC1CCCCC1)C(=O)NC1C[C@@H]2CC[C@H]1C2)S(N)(=O)=O. The number of unbranched alkanes of at least 4 members (excludes halogenated alkanes) is 1. The number of carboxylic acids is 1. The zero-order valence-electron chi connectivity index (χ0n) is 19.0. The summed E-state index contributed by atoms with van der Waals surface area (Å²) in [6.07, 6.45) is 10.8. The summed E-state index contributed by atoms with van der Waals surface area (Å²) in [5, 5.41) is 18.6. The van der Waals surface area contributed by atoms with Crippen LogP contribution in [0.25, 0.3) is 0 Å². The number of nitrogens with two attached hydrogens (primary N) is 2. The number of hydrogen-bond donors (Lipinski definition) is 4. The first-order valence-electron chi connectivity index (χ1n) is 12.2. The molecule has 1 amide bonds. The number of carbonyl (C=O) groups excluding carboxylic acids is 1. The van der Waals surface area contributed by atoms with Crippen molar-refractivity contribution < 1.29 is 23.1 Å². The summed E-state index contributed by atoms with van der Waals surface area (Å²) >= 11 is 0. The first kappa shape index (κ1) is 25.4. The molecule has 0 spiro atoms. The molecule has 3 fully saturated rings. The molecule has 3 saturated carbocycles. The number of fused-ring (bicyclic) bond motifs is 2. The Hall–Kier alpha value is -1.23. The molecule has 0 aromatic heterocycles. The lowest BCUT2D eigenvalue weighted by Crippen LogP contribution is -2.59. The predicted octanol–water partition coefficient (Wildman–Crippen LogP) is 1.72. The monoisotopic (exact) mass is 472 g/mol. The summed E-state index contributed by atoms with van der Waals surface area (Å²) in [5.74, 6) is -0.437. The van der Waals surface area contributed by atoms with Gasteiger partial charge in [0.15, 0.2) is 0 Å². The van der Waals surface area contributed by atoms with Crippen LogP contribution in [-0.4, -0.2) is 54.4 Å². The number of aliphatic carboxylic acids is 1. The topological polar surface area (TPSA) is 156 Å². The fraction of sp³-hybridized carbons (Fsp3) is 0.909. The highest BCUT2D eigenvalue weighted by Crippen LogP contribution is 2.44. The number of rotatable bonds is 12. The van der Waals surface area contributed by atoms with Gasteiger partial charge in [-0.05, 0) is 69.2 Å². The van der Waals surface area contributed by atoms with Crippen LogP contribution < -0.4 is 16.2 Å². The molecule has 0 aromatic carbocycles. The Morgan fingerprint density at radius 2 is 1.75 bits per heavy atom. The van der Waals surface area contributed by atoms with Crippen LogP contribution in [0, 0.1) is 17.8 Å². The van der Waals surface area contributed by atoms with Crippen LogP contribution in [0.2, 0.25) is 0 Å². The van der Waals surface area contributed by atoms with E-state index in [0.717, 1.165) is 55.7 Å². The largest absolute Gasteiger partial charge is 0.480 e. The van der Waals surface area contributed by atoms with Crippen LogP contribution in [0.1, 0.15) is 83.5 Å². The Balaban J connectivity index is 1.85. The molecule has 184 valence electrons. The molecule has 32 heavy (non-hydrogen) atoms. The second-order valence-electron chi connectivity index (χ2n) is 10.1. The average molecular weight is 473 g/mol. The molecule has 2 bridgehead atoms. The minimum atomic E-state index is -4.42. The molecule has 0 aliphatic heterocycles. The molecule has 1 unspecified atom stereocenters. The van der Waals surface area contributed by atoms with E-state index in [-0.39, 0.29) is 18.4 Å². The van der Waals surface area contributed by atoms with Crippen molar-refractivity contribution >= 4 is 22.1 Å². The maximum atomic E-state index is 13.5. The maximum Gasteiger partial charge on any atom is 0.322 e. The van der Waals surface area contributed by atoms with Crippen LogP contribution in [0.4, 0.5) is 0 Å². The number of amides is 1. The number of nitrogens with one attached hydrogen (secondary N) is 1. The molecule has 3 rings (SSSR count). The summed E-state index contributed by atoms with van der Waals surface area (Å²) in [7, 11) is -4.42. The van der Waals surface area contributed by atoms with Gasteiger partial charge in [0, 0.05) is 6.04 Å². The smallest absolute Gasteiger partial charge is 0.322 e. The van der Waals surface area contributed by atoms with Gasteiger partial charge in [-0.25, -0.2) is 5.14 Å². The van der Waals surface area contributed by atoms with Crippen molar-refractivity contribution in [3.05, 3.63) is 0 Å². The van der Waals surface area contributed by atoms with Crippen molar-refractivity contribution in [2.75, 3.05) is 6.54 Å². The molecule has 6 N–H and O–H groups in total. The normalized spacial score (nSPS) is 28.0. The predicted molar refractivity (Wildman–Crippen MR) is 122 cm³/mol. The molecule has 5 atom stereocenters. The Morgan fingerprint density at radius 3 is 2.28 bits per heavy atom. The Labute approximate surface area is 191 Å². The minimum Gasteiger partial charge on any atom is -0.480 e. The van der Waals surface area contributed by atoms with E-state index in [4.69, 9.17) is 10.9 Å². The Morgan fingerprint density at radius 1 is 1.03 bits per heavy atom. The van der Waals surface area contributed by atoms with Gasteiger partial charge >= 0.3 is 5.97 Å². The molecule has 9 nitrogen and oxygen atoms in total. The van der Waals surface area contributed by atoms with Gasteiger partial charge in [0.25, 0.3) is 10.2 Å². The average Bonchev–Trinajstić information content (AvgIpc) is 3.35. The molecule has 0 heterocycles. The van der Waals surface area contributed by atoms with Crippen molar-refractivity contribution in [2.24, 2.45) is 28.6 Å². The third-order valence-corrected chi connectivity index (χ3v) is 8.87. The molecule has 0 saturated heterocycles. The van der Waals surface area contributed by atoms with Crippen molar-refractivity contribution in [3.8, 4) is 0 Å². The fourth-order valence-corrected chi connectivity index (χ4v) is 7.27. The summed E-state index contributed by atoms with van der Waals surface area (Å²) < 4.78 is 26.2. The van der Waals surface area contributed by atoms with E-state index in [1.165, 1.54) is 6.42 Å². The van der Waals surface area contributed by atoms with Crippen molar-refractivity contribution in [2.45, 2.75) is 102 Å². The van der Waals surface area contributed by atoms with E-state index in [9.17, 15) is 23.1 Å². The molecule has 0 radical (unpaired) electrons. The zero-order valence-corrected chi connectivity index (χ0v) is 19.8. The molecular weight excluding hydrogens is 432 g/mol. The summed E-state index contributed by atoms with van der Waals surface area (Å²) in [4.78, 5) is 25.6. The van der Waals surface area contributed by atoms with E-state index in [2.05, 4.69) is 5.32 Å². The fourth-order valence-electron chi connectivity index (χ4n) is 6.18. The van der Waals surface area contributed by atoms with E-state index >= 15 is 0 Å². The number of carbonyl (C=O) groups is 2. The van der Waals surface area contributed by atoms with Gasteiger partial charge in [-0.3, -0.25) is 9.59 Å². The lowest BCUT2D eigenvalue weighted by molar-refractivity contribution is -0.143. The maximum absolute atomic E-state index is 13.5. The second kappa shape index (κ2) is 11.3. The Kier molecular flexibility index (Phi) is 8.94. The minimum absolute atomic E-state index is 0.0398. The van der Waals surface area contributed by atoms with Crippen molar-refractivity contribution in [1.29, 1.82) is 0 Å². The van der Waals surface area contributed by atoms with Crippen LogP contribution in [0.3, 0.4) is 0 Å². The zero-order chi connectivity index (χ0) is 23.3. The lowest BCUT2D eigenvalue weighted by Gasteiger charge is -2.36. The second-order valence-corrected chi connectivity index (χ2v) is 11.5. The van der Waals surface area contributed by atoms with Crippen LogP contribution in [0.15, 0.2) is 0 Å². The highest BCUT2D eigenvalue weighted by atomic mass is 32.2. The first-order valence-corrected chi connectivity index (χ1v) is 13.8. The van der Waals surface area contributed by atoms with Gasteiger partial charge in [-0.15, -0.1) is 0 Å². The van der Waals surface area contributed by atoms with E-state index in [1.54, 1.807) is 0 Å². The first-order chi connectivity index (χ1) is 15.2. The molecule has 0 aromatic rings. The van der Waals surface area contributed by atoms with Crippen LogP contribution >= 0.6 is 0 Å². The van der Waals surface area contributed by atoms with Gasteiger partial charge in [0.05, 0.1) is 0 Å². The third kappa shape index (κ3) is 6.42. The van der Waals surface area contributed by atoms with Gasteiger partial charge in [-0.1, -0.05) is 38.5 Å². The third-order valence-electron chi connectivity index (χ3n) is 7.77. The lowest BCUT2D eigenvalue weighted by atomic mass is 9.84. The van der Waals surface area contributed by atoms with Gasteiger partial charge in [0.2, 0.25) is 5.91 Å². The van der Waals surface area contributed by atoms with E-state index in [0.29, 0.717) is 37.6 Å². The van der Waals surface area contributed by atoms with Crippen LogP contribution in [-0.2, 0) is 19.8 Å². The summed E-state index contributed by atoms with van der Waals surface area (Å²) in [5.41, 5.74) is 5.54. The number of hydrogen-bond acceptors (Lipinski definition) is 5. The highest BCUT2D eigenvalue weighted by molar-refractivity contribution is 7.86. The molecule has 3 aliphatic rings. The quantitative estimate of drug-likeness (QED) is 0.317. The Bertz CT molecular complexity index is 755. The van der Waals surface area contributed by atoms with Gasteiger partial charge < -0.3 is 16.2 Å². The summed E-state index contributed by atoms with van der Waals surface area (Å²) in [6, 6.07) is -2.44. The van der Waals surface area contributed by atoms with Gasteiger partial charge in [-0.2, -0.15) is 12.7 Å². The summed E-state index contributed by atoms with van der Waals surface area (Å²) in [6.45, 7) is 0.387. The standard InChI is InChI=1S/C22H40N4O5S/c23-11-5-4-8-19(22(28)29)26(32(24,30)31)20(14-15-6-2-1-3-7-15)21(27)25-18-13-16-9-10-17(18)12-16/h15-20H,1-14,23H2,(H,25,27)(H,28,29)(H2,24,30,31)/t16-,17+,18?,19+,20+/m1/s1. The van der Waals surface area contributed by atoms with Crippen LogP contribution in [0.5, 0.6) is 0 Å². The highest BCUT2D eigenvalue weighted by Gasteiger charge is 2.45. The van der Waals surface area contributed by atoms with E-state index < -0.39 is 34.2 Å². The van der Waals surface area contributed by atoms with Crippen molar-refractivity contribution in [1.82, 2.24) is 9.62 Å². The molecule has 3 aliphatic carbocycles. The van der Waals surface area contributed by atoms with Gasteiger partial charge in [0.1, 0.15) is 12.1 Å². The van der Waals surface area contributed by atoms with E-state index in [1.807, 2.05) is 0 Å².